The number of ether oxygens (including phenoxy) is 2. The molecule has 4 rings (SSSR count). The second-order valence-corrected chi connectivity index (χ2v) is 10.5. The molecule has 0 radical (unpaired) electrons. The molecule has 12 heteroatoms. The number of halogens is 3. The van der Waals surface area contributed by atoms with Crippen molar-refractivity contribution < 1.29 is 22.6 Å². The maximum absolute atomic E-state index is 12.6. The molecule has 0 aliphatic carbocycles. The highest BCUT2D eigenvalue weighted by molar-refractivity contribution is 5.83. The third-order valence-corrected chi connectivity index (χ3v) is 6.68. The van der Waals surface area contributed by atoms with Crippen LogP contribution in [0.25, 0.3) is 0 Å². The maximum atomic E-state index is 12.6. The Morgan fingerprint density at radius 1 is 0.951 bits per heavy atom. The van der Waals surface area contributed by atoms with E-state index in [4.69, 9.17) is 4.74 Å². The SMILES string of the molecule is CCCc1cc(C(C)(C)CN(Cc2ccc(OC(F)(F)F)cc2)c2ncc(CC)cn2)ccc1OCC1=NNNN1. The average molecular weight is 572 g/mol. The highest BCUT2D eigenvalue weighted by Crippen LogP contribution is 2.32. The third-order valence-electron chi connectivity index (χ3n) is 6.68. The van der Waals surface area contributed by atoms with Crippen LogP contribution in [0.1, 0.15) is 56.4 Å². The Kier molecular flexibility index (Phi) is 9.53. The van der Waals surface area contributed by atoms with Crippen molar-refractivity contribution in [1.29, 1.82) is 0 Å². The van der Waals surface area contributed by atoms with E-state index in [0.717, 1.165) is 47.3 Å². The molecule has 0 saturated carbocycles. The van der Waals surface area contributed by atoms with Crippen LogP contribution in [0.2, 0.25) is 0 Å². The Morgan fingerprint density at radius 2 is 1.68 bits per heavy atom. The molecule has 2 heterocycles. The lowest BCUT2D eigenvalue weighted by molar-refractivity contribution is -0.274. The number of nitrogens with one attached hydrogen (secondary N) is 3. The molecule has 220 valence electrons. The fourth-order valence-corrected chi connectivity index (χ4v) is 4.52. The molecule has 41 heavy (non-hydrogen) atoms. The van der Waals surface area contributed by atoms with Gasteiger partial charge in [0.25, 0.3) is 0 Å². The Balaban J connectivity index is 1.57. The van der Waals surface area contributed by atoms with Crippen LogP contribution >= 0.6 is 0 Å². The van der Waals surface area contributed by atoms with Crippen LogP contribution in [0.5, 0.6) is 11.5 Å². The van der Waals surface area contributed by atoms with E-state index in [1.54, 1.807) is 12.1 Å². The summed E-state index contributed by atoms with van der Waals surface area (Å²) >= 11 is 0. The molecular formula is C29H36F3N7O2. The van der Waals surface area contributed by atoms with Crippen LogP contribution in [0.3, 0.4) is 0 Å². The Hall–Kier alpha value is -4.06. The van der Waals surface area contributed by atoms with Gasteiger partial charge in [-0.05, 0) is 53.3 Å². The number of hydrogen-bond acceptors (Lipinski definition) is 9. The number of aromatic nitrogens is 2. The molecule has 2 aromatic carbocycles. The molecule has 0 bridgehead atoms. The van der Waals surface area contributed by atoms with E-state index >= 15 is 0 Å². The lowest BCUT2D eigenvalue weighted by atomic mass is 9.82. The summed E-state index contributed by atoms with van der Waals surface area (Å²) in [5, 5.41) is 4.06. The third kappa shape index (κ3) is 8.46. The van der Waals surface area contributed by atoms with Crippen LogP contribution in [-0.2, 0) is 24.8 Å². The fraction of sp³-hybridized carbons (Fsp3) is 0.414. The monoisotopic (exact) mass is 571 g/mol. The zero-order valence-corrected chi connectivity index (χ0v) is 23.7. The summed E-state index contributed by atoms with van der Waals surface area (Å²) in [5.74, 6) is 1.75. The van der Waals surface area contributed by atoms with Gasteiger partial charge in [-0.1, -0.05) is 58.4 Å². The predicted molar refractivity (Wildman–Crippen MR) is 151 cm³/mol. The van der Waals surface area contributed by atoms with Crippen molar-refractivity contribution in [1.82, 2.24) is 26.5 Å². The summed E-state index contributed by atoms with van der Waals surface area (Å²) < 4.78 is 48.0. The highest BCUT2D eigenvalue weighted by Gasteiger charge is 2.31. The molecule has 1 aliphatic rings. The van der Waals surface area contributed by atoms with Crippen LogP contribution in [0.4, 0.5) is 19.1 Å². The molecule has 3 aromatic rings. The van der Waals surface area contributed by atoms with Crippen molar-refractivity contribution in [2.45, 2.75) is 65.3 Å². The van der Waals surface area contributed by atoms with E-state index in [-0.39, 0.29) is 11.2 Å². The van der Waals surface area contributed by atoms with Gasteiger partial charge in [0, 0.05) is 30.9 Å². The molecule has 9 nitrogen and oxygen atoms in total. The number of amidine groups is 1. The van der Waals surface area contributed by atoms with E-state index < -0.39 is 6.36 Å². The van der Waals surface area contributed by atoms with E-state index in [9.17, 15) is 13.2 Å². The Labute approximate surface area is 238 Å². The molecule has 1 aromatic heterocycles. The quantitative estimate of drug-likeness (QED) is 0.258. The van der Waals surface area contributed by atoms with Gasteiger partial charge in [-0.2, -0.15) is 0 Å². The summed E-state index contributed by atoms with van der Waals surface area (Å²) in [6.07, 6.45) is 1.51. The molecule has 0 atom stereocenters. The second kappa shape index (κ2) is 13.1. The van der Waals surface area contributed by atoms with Gasteiger partial charge >= 0.3 is 6.36 Å². The van der Waals surface area contributed by atoms with E-state index in [1.165, 1.54) is 12.1 Å². The first-order valence-corrected chi connectivity index (χ1v) is 13.6. The molecule has 1 aliphatic heterocycles. The van der Waals surface area contributed by atoms with Crippen molar-refractivity contribution in [3.05, 3.63) is 77.1 Å². The van der Waals surface area contributed by atoms with Gasteiger partial charge in [0.2, 0.25) is 5.95 Å². The standard InChI is InChI=1S/C29H36F3N7O2/c1-5-7-22-14-23(10-13-25(22)40-18-26-35-37-38-36-26)28(3,4)19-39(27-33-15-20(6-2)16-34-27)17-21-8-11-24(12-9-21)41-29(30,31)32/h8-16,37-38H,5-7,17-19H2,1-4H3,(H,35,36). The Bertz CT molecular complexity index is 1310. The van der Waals surface area contributed by atoms with Gasteiger partial charge in [-0.15, -0.1) is 23.8 Å². The zero-order valence-electron chi connectivity index (χ0n) is 23.7. The number of hydrazine groups is 2. The van der Waals surface area contributed by atoms with Gasteiger partial charge in [0.05, 0.1) is 0 Å². The number of nitrogens with zero attached hydrogens (tertiary/aromatic N) is 4. The lowest BCUT2D eigenvalue weighted by Crippen LogP contribution is -2.38. The Morgan fingerprint density at radius 3 is 2.29 bits per heavy atom. The number of rotatable bonds is 13. The predicted octanol–water partition coefficient (Wildman–Crippen LogP) is 5.18. The number of aryl methyl sites for hydroxylation is 2. The topological polar surface area (TPSA) is 95.9 Å². The first-order chi connectivity index (χ1) is 19.6. The summed E-state index contributed by atoms with van der Waals surface area (Å²) in [4.78, 5) is 11.3. The molecule has 0 spiro atoms. The minimum Gasteiger partial charge on any atom is -0.485 e. The van der Waals surface area contributed by atoms with Crippen molar-refractivity contribution in [2.24, 2.45) is 5.10 Å². The van der Waals surface area contributed by atoms with Crippen LogP contribution in [0.15, 0.2) is 60.0 Å². The number of benzene rings is 2. The number of hydrazone groups is 1. The molecule has 3 N–H and O–H groups in total. The number of hydrogen-bond donors (Lipinski definition) is 3. The summed E-state index contributed by atoms with van der Waals surface area (Å²) in [6, 6.07) is 12.1. The van der Waals surface area contributed by atoms with Crippen LogP contribution < -0.4 is 30.9 Å². The van der Waals surface area contributed by atoms with Crippen LogP contribution in [0, 0.1) is 0 Å². The molecule has 0 saturated heterocycles. The molecular weight excluding hydrogens is 535 g/mol. The minimum atomic E-state index is -4.74. The molecule has 0 amide bonds. The lowest BCUT2D eigenvalue weighted by Gasteiger charge is -2.34. The van der Waals surface area contributed by atoms with Crippen molar-refractivity contribution >= 4 is 11.8 Å². The van der Waals surface area contributed by atoms with Crippen molar-refractivity contribution in [3.8, 4) is 11.5 Å². The van der Waals surface area contributed by atoms with Crippen molar-refractivity contribution in [2.75, 3.05) is 18.1 Å². The van der Waals surface area contributed by atoms with Gasteiger partial charge in [0.1, 0.15) is 18.1 Å². The number of anilines is 1. The van der Waals surface area contributed by atoms with Gasteiger partial charge in [-0.3, -0.25) is 5.43 Å². The smallest absolute Gasteiger partial charge is 0.485 e. The first-order valence-electron chi connectivity index (χ1n) is 13.6. The first kappa shape index (κ1) is 29.9. The van der Waals surface area contributed by atoms with E-state index in [1.807, 2.05) is 30.3 Å². The largest absolute Gasteiger partial charge is 0.573 e. The van der Waals surface area contributed by atoms with Gasteiger partial charge in [-0.25, -0.2) is 15.5 Å². The highest BCUT2D eigenvalue weighted by atomic mass is 19.4. The van der Waals surface area contributed by atoms with Crippen LogP contribution in [-0.4, -0.2) is 35.3 Å². The summed E-state index contributed by atoms with van der Waals surface area (Å²) in [5.41, 5.74) is 11.9. The number of alkyl halides is 3. The fourth-order valence-electron chi connectivity index (χ4n) is 4.52. The summed E-state index contributed by atoms with van der Waals surface area (Å²) in [6.45, 7) is 9.73. The minimum absolute atomic E-state index is 0.259. The second-order valence-electron chi connectivity index (χ2n) is 10.5. The zero-order chi connectivity index (χ0) is 29.5. The van der Waals surface area contributed by atoms with E-state index in [2.05, 4.69) is 69.2 Å². The van der Waals surface area contributed by atoms with Crippen molar-refractivity contribution in [3.63, 3.8) is 0 Å². The maximum Gasteiger partial charge on any atom is 0.573 e. The molecule has 0 fully saturated rings. The normalized spacial score (nSPS) is 13.3. The van der Waals surface area contributed by atoms with Gasteiger partial charge in [0.15, 0.2) is 5.84 Å². The van der Waals surface area contributed by atoms with Gasteiger partial charge < -0.3 is 14.4 Å². The average Bonchev–Trinajstić information content (AvgIpc) is 3.46. The van der Waals surface area contributed by atoms with E-state index in [0.29, 0.717) is 31.5 Å². The summed E-state index contributed by atoms with van der Waals surface area (Å²) in [7, 11) is 0. The molecule has 0 unspecified atom stereocenters.